The van der Waals surface area contributed by atoms with E-state index in [1.54, 1.807) is 25.1 Å². The van der Waals surface area contributed by atoms with Crippen molar-refractivity contribution in [1.82, 2.24) is 0 Å². The molecular weight excluding hydrogens is 385 g/mol. The van der Waals surface area contributed by atoms with E-state index in [4.69, 9.17) is 4.74 Å². The maximum Gasteiger partial charge on any atom is 0.340 e. The Hall–Kier alpha value is -2.77. The van der Waals surface area contributed by atoms with Gasteiger partial charge in [0, 0.05) is 15.4 Å². The molecule has 0 saturated heterocycles. The van der Waals surface area contributed by atoms with Crippen molar-refractivity contribution in [1.29, 1.82) is 0 Å². The molecule has 3 aromatic rings. The largest absolute Gasteiger partial charge is 0.452 e. The average molecular weight is 401 g/mol. The number of hydrogen-bond donors (Lipinski definition) is 1. The molecule has 0 saturated carbocycles. The predicted octanol–water partition coefficient (Wildman–Crippen LogP) is 4.98. The number of halogens is 1. The number of anilines is 1. The molecule has 0 atom stereocenters. The van der Waals surface area contributed by atoms with Crippen LogP contribution in [0.5, 0.6) is 0 Å². The SMILES string of the molecule is Cc1ccc(NC(=O)COC(=O)/C(=C/c2cccs2)c2cccs2)cc1F. The number of carbonyl (C=O) groups is 2. The Morgan fingerprint density at radius 3 is 2.59 bits per heavy atom. The molecule has 3 rings (SSSR count). The summed E-state index contributed by atoms with van der Waals surface area (Å²) in [4.78, 5) is 26.2. The molecule has 27 heavy (non-hydrogen) atoms. The minimum Gasteiger partial charge on any atom is -0.452 e. The van der Waals surface area contributed by atoms with Gasteiger partial charge in [-0.3, -0.25) is 4.79 Å². The van der Waals surface area contributed by atoms with Gasteiger partial charge in [-0.25, -0.2) is 9.18 Å². The van der Waals surface area contributed by atoms with E-state index < -0.39 is 24.3 Å². The molecule has 7 heteroatoms. The summed E-state index contributed by atoms with van der Waals surface area (Å²) in [5, 5.41) is 6.29. The van der Waals surface area contributed by atoms with E-state index in [1.807, 2.05) is 35.0 Å². The van der Waals surface area contributed by atoms with Crippen molar-refractivity contribution in [2.75, 3.05) is 11.9 Å². The number of rotatable bonds is 6. The number of aryl methyl sites for hydroxylation is 1. The number of amides is 1. The summed E-state index contributed by atoms with van der Waals surface area (Å²) < 4.78 is 18.7. The minimum atomic E-state index is -0.587. The Labute approximate surface area is 163 Å². The molecule has 2 aromatic heterocycles. The number of ether oxygens (including phenoxy) is 1. The van der Waals surface area contributed by atoms with Crippen molar-refractivity contribution in [2.24, 2.45) is 0 Å². The van der Waals surface area contributed by atoms with Crippen LogP contribution < -0.4 is 5.32 Å². The Kier molecular flexibility index (Phi) is 6.16. The van der Waals surface area contributed by atoms with Gasteiger partial charge >= 0.3 is 5.97 Å². The normalized spacial score (nSPS) is 11.3. The van der Waals surface area contributed by atoms with Gasteiger partial charge in [0.15, 0.2) is 6.61 Å². The van der Waals surface area contributed by atoms with Gasteiger partial charge < -0.3 is 10.1 Å². The first kappa shape index (κ1) is 19.0. The van der Waals surface area contributed by atoms with Crippen LogP contribution in [0.3, 0.4) is 0 Å². The zero-order valence-corrected chi connectivity index (χ0v) is 16.0. The fourth-order valence-electron chi connectivity index (χ4n) is 2.25. The molecule has 0 spiro atoms. The molecule has 4 nitrogen and oxygen atoms in total. The molecule has 0 aliphatic rings. The van der Waals surface area contributed by atoms with E-state index in [1.165, 1.54) is 28.7 Å². The lowest BCUT2D eigenvalue weighted by Crippen LogP contribution is -2.21. The number of esters is 1. The predicted molar refractivity (Wildman–Crippen MR) is 107 cm³/mol. The summed E-state index contributed by atoms with van der Waals surface area (Å²) >= 11 is 2.91. The van der Waals surface area contributed by atoms with Gasteiger partial charge in [-0.05, 0) is 53.6 Å². The molecule has 138 valence electrons. The zero-order chi connectivity index (χ0) is 19.2. The second-order valence-corrected chi connectivity index (χ2v) is 7.57. The average Bonchev–Trinajstić information content (AvgIpc) is 3.34. The molecule has 0 bridgehead atoms. The highest BCUT2D eigenvalue weighted by molar-refractivity contribution is 7.12. The molecular formula is C20H16FNO3S2. The number of carbonyl (C=O) groups excluding carboxylic acids is 2. The van der Waals surface area contributed by atoms with E-state index >= 15 is 0 Å². The molecule has 0 radical (unpaired) electrons. The lowest BCUT2D eigenvalue weighted by atomic mass is 10.2. The van der Waals surface area contributed by atoms with Crippen LogP contribution in [0.1, 0.15) is 15.3 Å². The van der Waals surface area contributed by atoms with Crippen molar-refractivity contribution in [3.8, 4) is 0 Å². The highest BCUT2D eigenvalue weighted by Crippen LogP contribution is 2.25. The lowest BCUT2D eigenvalue weighted by Gasteiger charge is -2.09. The summed E-state index contributed by atoms with van der Waals surface area (Å²) in [5.74, 6) is -1.53. The number of hydrogen-bond acceptors (Lipinski definition) is 5. The first-order chi connectivity index (χ1) is 13.0. The zero-order valence-electron chi connectivity index (χ0n) is 14.4. The monoisotopic (exact) mass is 401 g/mol. The molecule has 0 aliphatic heterocycles. The number of thiophene rings is 2. The molecule has 0 fully saturated rings. The first-order valence-electron chi connectivity index (χ1n) is 8.05. The van der Waals surface area contributed by atoms with Crippen molar-refractivity contribution < 1.29 is 18.7 Å². The second-order valence-electron chi connectivity index (χ2n) is 5.64. The minimum absolute atomic E-state index is 0.312. The third-order valence-corrected chi connectivity index (χ3v) is 5.35. The van der Waals surface area contributed by atoms with Crippen LogP contribution >= 0.6 is 22.7 Å². The smallest absolute Gasteiger partial charge is 0.340 e. The fraction of sp³-hybridized carbons (Fsp3) is 0.100. The highest BCUT2D eigenvalue weighted by atomic mass is 32.1. The van der Waals surface area contributed by atoms with Crippen LogP contribution in [0.25, 0.3) is 11.6 Å². The van der Waals surface area contributed by atoms with E-state index in [0.29, 0.717) is 16.8 Å². The summed E-state index contributed by atoms with van der Waals surface area (Å²) in [5.41, 5.74) is 1.19. The molecule has 0 unspecified atom stereocenters. The molecule has 1 amide bonds. The van der Waals surface area contributed by atoms with Crippen LogP contribution in [0.2, 0.25) is 0 Å². The molecule has 1 N–H and O–H groups in total. The summed E-state index contributed by atoms with van der Waals surface area (Å²) in [6, 6.07) is 11.8. The number of nitrogens with one attached hydrogen (secondary N) is 1. The topological polar surface area (TPSA) is 55.4 Å². The van der Waals surface area contributed by atoms with Crippen LogP contribution in [-0.2, 0) is 14.3 Å². The van der Waals surface area contributed by atoms with Crippen LogP contribution in [0, 0.1) is 12.7 Å². The number of benzene rings is 1. The van der Waals surface area contributed by atoms with Crippen molar-refractivity contribution in [3.63, 3.8) is 0 Å². The van der Waals surface area contributed by atoms with Crippen molar-refractivity contribution in [3.05, 3.63) is 74.4 Å². The van der Waals surface area contributed by atoms with Gasteiger partial charge in [0.2, 0.25) is 0 Å². The van der Waals surface area contributed by atoms with Crippen LogP contribution in [0.15, 0.2) is 53.2 Å². The van der Waals surface area contributed by atoms with Crippen LogP contribution in [0.4, 0.5) is 10.1 Å². The quantitative estimate of drug-likeness (QED) is 0.468. The maximum atomic E-state index is 13.5. The third kappa shape index (κ3) is 5.12. The Morgan fingerprint density at radius 2 is 1.93 bits per heavy atom. The summed E-state index contributed by atoms with van der Waals surface area (Å²) in [7, 11) is 0. The maximum absolute atomic E-state index is 13.5. The molecule has 1 aromatic carbocycles. The van der Waals surface area contributed by atoms with Gasteiger partial charge in [-0.2, -0.15) is 0 Å². The Morgan fingerprint density at radius 1 is 1.15 bits per heavy atom. The van der Waals surface area contributed by atoms with E-state index in [2.05, 4.69) is 5.32 Å². The summed E-state index contributed by atoms with van der Waals surface area (Å²) in [6.07, 6.45) is 1.74. The summed E-state index contributed by atoms with van der Waals surface area (Å²) in [6.45, 7) is 1.18. The van der Waals surface area contributed by atoms with Gasteiger partial charge in [0.1, 0.15) is 5.82 Å². The van der Waals surface area contributed by atoms with E-state index in [0.717, 1.165) is 9.75 Å². The van der Waals surface area contributed by atoms with Crippen LogP contribution in [-0.4, -0.2) is 18.5 Å². The Balaban J connectivity index is 1.65. The van der Waals surface area contributed by atoms with Crippen molar-refractivity contribution >= 4 is 51.9 Å². The second kappa shape index (κ2) is 8.75. The Bertz CT molecular complexity index is 963. The fourth-order valence-corrected chi connectivity index (χ4v) is 3.64. The standard InChI is InChI=1S/C20H16FNO3S2/c1-13-6-7-14(10-17(13)21)22-19(23)12-25-20(24)16(18-5-3-9-27-18)11-15-4-2-8-26-15/h2-11H,12H2,1H3,(H,22,23)/b16-11+. The first-order valence-corrected chi connectivity index (χ1v) is 9.81. The third-order valence-electron chi connectivity index (χ3n) is 3.63. The van der Waals surface area contributed by atoms with Gasteiger partial charge in [-0.1, -0.05) is 18.2 Å². The van der Waals surface area contributed by atoms with Gasteiger partial charge in [-0.15, -0.1) is 22.7 Å². The van der Waals surface area contributed by atoms with E-state index in [-0.39, 0.29) is 0 Å². The van der Waals surface area contributed by atoms with E-state index in [9.17, 15) is 14.0 Å². The van der Waals surface area contributed by atoms with Crippen molar-refractivity contribution in [2.45, 2.75) is 6.92 Å². The highest BCUT2D eigenvalue weighted by Gasteiger charge is 2.17. The lowest BCUT2D eigenvalue weighted by molar-refractivity contribution is -0.141. The van der Waals surface area contributed by atoms with Gasteiger partial charge in [0.05, 0.1) is 5.57 Å². The molecule has 2 heterocycles. The van der Waals surface area contributed by atoms with Gasteiger partial charge in [0.25, 0.3) is 5.91 Å². The molecule has 0 aliphatic carbocycles.